The van der Waals surface area contributed by atoms with E-state index in [0.717, 1.165) is 11.7 Å². The smallest absolute Gasteiger partial charge is 0.313 e. The summed E-state index contributed by atoms with van der Waals surface area (Å²) in [6, 6.07) is 10.5. The fraction of sp³-hybridized carbons (Fsp3) is 0.357. The van der Waals surface area contributed by atoms with E-state index in [1.165, 1.54) is 28.7 Å². The Morgan fingerprint density at radius 2 is 2.05 bits per heavy atom. The molecule has 0 saturated carbocycles. The zero-order valence-electron chi connectivity index (χ0n) is 11.9. The molecule has 0 radical (unpaired) electrons. The van der Waals surface area contributed by atoms with Crippen molar-refractivity contribution in [3.05, 3.63) is 35.9 Å². The van der Waals surface area contributed by atoms with Gasteiger partial charge in [0, 0.05) is 12.6 Å². The van der Waals surface area contributed by atoms with Crippen molar-refractivity contribution in [3.63, 3.8) is 0 Å². The number of thioether (sulfide) groups is 1. The van der Waals surface area contributed by atoms with E-state index >= 15 is 0 Å². The van der Waals surface area contributed by atoms with Crippen LogP contribution in [0.2, 0.25) is 0 Å². The number of nitrogens with zero attached hydrogens (tertiary/aromatic N) is 3. The third-order valence-electron chi connectivity index (χ3n) is 2.78. The number of hydrogen-bond donors (Lipinski definition) is 1. The lowest BCUT2D eigenvalue weighted by atomic mass is 10.2. The molecule has 2 rings (SSSR count). The molecule has 7 heteroatoms. The molecule has 0 unspecified atom stereocenters. The van der Waals surface area contributed by atoms with Crippen LogP contribution in [0.15, 0.2) is 34.7 Å². The van der Waals surface area contributed by atoms with Crippen molar-refractivity contribution in [3.8, 4) is 0 Å². The van der Waals surface area contributed by atoms with Crippen molar-refractivity contribution in [2.24, 2.45) is 0 Å². The second kappa shape index (κ2) is 7.42. The molecule has 0 bridgehead atoms. The van der Waals surface area contributed by atoms with Crippen LogP contribution >= 0.6 is 23.1 Å². The predicted molar refractivity (Wildman–Crippen MR) is 86.0 cm³/mol. The third-order valence-corrected chi connectivity index (χ3v) is 4.86. The molecule has 0 aliphatic heterocycles. The van der Waals surface area contributed by atoms with Crippen LogP contribution in [0.4, 0.5) is 5.13 Å². The Kier molecular flexibility index (Phi) is 5.58. The molecular formula is C14H17N3O2S2. The van der Waals surface area contributed by atoms with Crippen LogP contribution in [0.5, 0.6) is 0 Å². The summed E-state index contributed by atoms with van der Waals surface area (Å²) in [4.78, 5) is 12.8. The Bertz CT molecular complexity index is 587. The minimum atomic E-state index is -0.846. The van der Waals surface area contributed by atoms with E-state index in [-0.39, 0.29) is 11.8 Å². The van der Waals surface area contributed by atoms with Crippen LogP contribution in [-0.2, 0) is 11.3 Å². The van der Waals surface area contributed by atoms with E-state index in [1.807, 2.05) is 18.2 Å². The first-order chi connectivity index (χ1) is 10.1. The molecule has 0 fully saturated rings. The minimum Gasteiger partial charge on any atom is -0.481 e. The molecule has 0 saturated heterocycles. The second-order valence-electron chi connectivity index (χ2n) is 4.74. The number of carboxylic acid groups (broad SMARTS) is 1. The van der Waals surface area contributed by atoms with Crippen LogP contribution in [0, 0.1) is 0 Å². The summed E-state index contributed by atoms with van der Waals surface area (Å²) < 4.78 is 0.686. The Morgan fingerprint density at radius 1 is 1.33 bits per heavy atom. The predicted octanol–water partition coefficient (Wildman–Crippen LogP) is 3.13. The lowest BCUT2D eigenvalue weighted by molar-refractivity contribution is -0.133. The molecule has 0 atom stereocenters. The Labute approximate surface area is 132 Å². The molecule has 0 amide bonds. The number of aromatic nitrogens is 2. The van der Waals surface area contributed by atoms with Gasteiger partial charge in [0.05, 0.1) is 5.75 Å². The summed E-state index contributed by atoms with van der Waals surface area (Å²) in [5.41, 5.74) is 1.21. The van der Waals surface area contributed by atoms with E-state index in [4.69, 9.17) is 5.11 Å². The Balaban J connectivity index is 2.09. The van der Waals surface area contributed by atoms with Crippen LogP contribution in [0.3, 0.4) is 0 Å². The van der Waals surface area contributed by atoms with Gasteiger partial charge >= 0.3 is 5.97 Å². The van der Waals surface area contributed by atoms with E-state index in [9.17, 15) is 4.79 Å². The Hall–Kier alpha value is -1.60. The highest BCUT2D eigenvalue weighted by Gasteiger charge is 2.17. The maximum atomic E-state index is 10.6. The molecule has 1 aromatic heterocycles. The van der Waals surface area contributed by atoms with Crippen molar-refractivity contribution >= 4 is 34.2 Å². The van der Waals surface area contributed by atoms with Crippen molar-refractivity contribution in [2.75, 3.05) is 10.7 Å². The molecular weight excluding hydrogens is 306 g/mol. The standard InChI is InChI=1S/C14H17N3O2S2/c1-10(2)17(8-11-6-4-3-5-7-11)13-15-16-14(21-13)20-9-12(18)19/h3-7,10H,8-9H2,1-2H3,(H,18,19). The fourth-order valence-corrected chi connectivity index (χ4v) is 3.45. The molecule has 0 aliphatic carbocycles. The summed E-state index contributed by atoms with van der Waals surface area (Å²) in [7, 11) is 0. The van der Waals surface area contributed by atoms with Gasteiger partial charge in [-0.3, -0.25) is 4.79 Å². The molecule has 1 N–H and O–H groups in total. The molecule has 1 heterocycles. The van der Waals surface area contributed by atoms with Crippen LogP contribution in [0.25, 0.3) is 0 Å². The number of benzene rings is 1. The summed E-state index contributed by atoms with van der Waals surface area (Å²) >= 11 is 2.64. The molecule has 0 aliphatic rings. The zero-order valence-corrected chi connectivity index (χ0v) is 13.5. The van der Waals surface area contributed by atoms with Gasteiger partial charge in [-0.2, -0.15) is 0 Å². The van der Waals surface area contributed by atoms with Gasteiger partial charge in [0.1, 0.15) is 0 Å². The zero-order chi connectivity index (χ0) is 15.2. The quantitative estimate of drug-likeness (QED) is 0.790. The highest BCUT2D eigenvalue weighted by atomic mass is 32.2. The minimum absolute atomic E-state index is 0.00893. The molecule has 2 aromatic rings. The van der Waals surface area contributed by atoms with E-state index in [1.54, 1.807) is 0 Å². The average molecular weight is 323 g/mol. The van der Waals surface area contributed by atoms with Gasteiger partial charge in [0.2, 0.25) is 5.13 Å². The van der Waals surface area contributed by atoms with Crippen molar-refractivity contribution in [2.45, 2.75) is 30.8 Å². The first-order valence-electron chi connectivity index (χ1n) is 6.55. The van der Waals surface area contributed by atoms with E-state index < -0.39 is 5.97 Å². The van der Waals surface area contributed by atoms with Crippen molar-refractivity contribution < 1.29 is 9.90 Å². The normalized spacial score (nSPS) is 10.8. The van der Waals surface area contributed by atoms with E-state index in [2.05, 4.69) is 41.1 Å². The third kappa shape index (κ3) is 4.71. The number of aliphatic carboxylic acids is 1. The maximum Gasteiger partial charge on any atom is 0.313 e. The summed E-state index contributed by atoms with van der Waals surface area (Å²) in [5.74, 6) is -0.837. The van der Waals surface area contributed by atoms with Gasteiger partial charge in [-0.1, -0.05) is 53.4 Å². The number of carboxylic acids is 1. The average Bonchev–Trinajstić information content (AvgIpc) is 2.92. The summed E-state index contributed by atoms with van der Waals surface area (Å²) in [5, 5.41) is 17.8. The first kappa shape index (κ1) is 15.8. The topological polar surface area (TPSA) is 66.3 Å². The van der Waals surface area contributed by atoms with Gasteiger partial charge in [0.15, 0.2) is 4.34 Å². The first-order valence-corrected chi connectivity index (χ1v) is 8.35. The summed E-state index contributed by atoms with van der Waals surface area (Å²) in [6.07, 6.45) is 0. The number of carbonyl (C=O) groups is 1. The van der Waals surface area contributed by atoms with Crippen molar-refractivity contribution in [1.29, 1.82) is 0 Å². The highest BCUT2D eigenvalue weighted by Crippen LogP contribution is 2.29. The Morgan fingerprint density at radius 3 is 2.67 bits per heavy atom. The lowest BCUT2D eigenvalue weighted by Gasteiger charge is -2.25. The number of anilines is 1. The van der Waals surface area contributed by atoms with E-state index in [0.29, 0.717) is 4.34 Å². The summed E-state index contributed by atoms with van der Waals surface area (Å²) in [6.45, 7) is 4.97. The monoisotopic (exact) mass is 323 g/mol. The van der Waals surface area contributed by atoms with Crippen LogP contribution in [-0.4, -0.2) is 33.1 Å². The molecule has 5 nitrogen and oxygen atoms in total. The lowest BCUT2D eigenvalue weighted by Crippen LogP contribution is -2.30. The van der Waals surface area contributed by atoms with Crippen LogP contribution < -0.4 is 4.90 Å². The molecule has 112 valence electrons. The second-order valence-corrected chi connectivity index (χ2v) is 6.92. The van der Waals surface area contributed by atoms with Gasteiger partial charge in [-0.25, -0.2) is 0 Å². The fourth-order valence-electron chi connectivity index (χ4n) is 1.75. The molecule has 1 aromatic carbocycles. The number of hydrogen-bond acceptors (Lipinski definition) is 6. The molecule has 21 heavy (non-hydrogen) atoms. The maximum absolute atomic E-state index is 10.6. The van der Waals surface area contributed by atoms with Gasteiger partial charge in [-0.15, -0.1) is 10.2 Å². The number of rotatable bonds is 7. The SMILES string of the molecule is CC(C)N(Cc1ccccc1)c1nnc(SCC(=O)O)s1. The largest absolute Gasteiger partial charge is 0.481 e. The van der Waals surface area contributed by atoms with Crippen molar-refractivity contribution in [1.82, 2.24) is 10.2 Å². The van der Waals surface area contributed by atoms with Crippen LogP contribution in [0.1, 0.15) is 19.4 Å². The van der Waals surface area contributed by atoms with Gasteiger partial charge in [-0.05, 0) is 19.4 Å². The van der Waals surface area contributed by atoms with Gasteiger partial charge in [0.25, 0.3) is 0 Å². The molecule has 0 spiro atoms. The van der Waals surface area contributed by atoms with Gasteiger partial charge < -0.3 is 10.0 Å². The highest BCUT2D eigenvalue weighted by molar-refractivity contribution is 8.01.